The van der Waals surface area contributed by atoms with E-state index < -0.39 is 0 Å². The fraction of sp³-hybridized carbons (Fsp3) is 0.344. The van der Waals surface area contributed by atoms with E-state index in [1.807, 2.05) is 33.3 Å². The Morgan fingerprint density at radius 2 is 1.95 bits per heavy atom. The molecule has 0 fully saturated rings. The topological polar surface area (TPSA) is 39.7 Å². The highest BCUT2D eigenvalue weighted by Crippen LogP contribution is 2.42. The highest BCUT2D eigenvalue weighted by atomic mass is 31.1. The summed E-state index contributed by atoms with van der Waals surface area (Å²) in [5.74, 6) is 0. The van der Waals surface area contributed by atoms with Crippen molar-refractivity contribution in [2.45, 2.75) is 40.7 Å². The fourth-order valence-electron chi connectivity index (χ4n) is 4.35. The SMILES string of the molecule is C=CN(/C=C(\C)CCP(C)C)Cc1ccc(-c2cccc(NC)c2)c2c1NC/C2=C\C(C)=C/N=C.CC. The third-order valence-corrected chi connectivity index (χ3v) is 7.27. The summed E-state index contributed by atoms with van der Waals surface area (Å²) in [6.07, 6.45) is 10.6. The zero-order valence-electron chi connectivity index (χ0n) is 23.9. The van der Waals surface area contributed by atoms with Crippen LogP contribution in [0.25, 0.3) is 16.7 Å². The Hall–Kier alpha value is -3.10. The molecule has 3 rings (SSSR count). The Morgan fingerprint density at radius 3 is 2.59 bits per heavy atom. The first-order valence-electron chi connectivity index (χ1n) is 13.1. The van der Waals surface area contributed by atoms with Crippen LogP contribution in [0.4, 0.5) is 11.4 Å². The number of nitrogens with zero attached hydrogens (tertiary/aromatic N) is 2. The van der Waals surface area contributed by atoms with E-state index in [9.17, 15) is 0 Å². The van der Waals surface area contributed by atoms with Gasteiger partial charge in [0, 0.05) is 49.5 Å². The number of anilines is 2. The van der Waals surface area contributed by atoms with Gasteiger partial charge in [0.05, 0.1) is 0 Å². The van der Waals surface area contributed by atoms with E-state index in [4.69, 9.17) is 0 Å². The standard InChI is InChI=1S/C30H39N4P.C2H6/c1-8-34(20-22(2)14-15-35(6)7)21-25-12-13-28(24-10-9-11-27(17-24)32-5)29-26(19-33-30(25)29)16-23(3)18-31-4;1-2/h8-13,16-18,20,32-33H,1,4,14-15,19,21H2,2-3,5-7H3;1-2H3/b22-20+,23-18-,26-16+;. The molecule has 0 spiro atoms. The molecular formula is C32H45N4P. The van der Waals surface area contributed by atoms with Crippen LogP contribution in [-0.4, -0.2) is 44.7 Å². The average molecular weight is 517 g/mol. The van der Waals surface area contributed by atoms with Gasteiger partial charge >= 0.3 is 0 Å². The van der Waals surface area contributed by atoms with E-state index in [0.29, 0.717) is 0 Å². The molecule has 0 unspecified atom stereocenters. The zero-order chi connectivity index (χ0) is 27.4. The molecule has 1 heterocycles. The third-order valence-electron chi connectivity index (χ3n) is 6.15. The maximum absolute atomic E-state index is 4.08. The highest BCUT2D eigenvalue weighted by molar-refractivity contribution is 7.55. The first kappa shape index (κ1) is 30.1. The molecule has 37 heavy (non-hydrogen) atoms. The number of rotatable bonds is 11. The van der Waals surface area contributed by atoms with Crippen LogP contribution < -0.4 is 10.6 Å². The molecule has 0 bridgehead atoms. The summed E-state index contributed by atoms with van der Waals surface area (Å²) in [6, 6.07) is 13.1. The lowest BCUT2D eigenvalue weighted by Gasteiger charge is -2.20. The van der Waals surface area contributed by atoms with Crippen molar-refractivity contribution in [2.24, 2.45) is 4.99 Å². The van der Waals surface area contributed by atoms with Gasteiger partial charge in [0.2, 0.25) is 0 Å². The number of nitrogens with one attached hydrogen (secondary N) is 2. The van der Waals surface area contributed by atoms with E-state index in [-0.39, 0.29) is 7.92 Å². The summed E-state index contributed by atoms with van der Waals surface area (Å²) >= 11 is 0. The van der Waals surface area contributed by atoms with Crippen LogP contribution in [0.1, 0.15) is 45.2 Å². The molecule has 198 valence electrons. The van der Waals surface area contributed by atoms with Crippen LogP contribution in [0.2, 0.25) is 0 Å². The molecule has 0 radical (unpaired) electrons. The van der Waals surface area contributed by atoms with E-state index in [1.165, 1.54) is 45.2 Å². The number of fused-ring (bicyclic) bond motifs is 1. The predicted molar refractivity (Wildman–Crippen MR) is 170 cm³/mol. The molecule has 2 aromatic rings. The molecule has 0 amide bonds. The average Bonchev–Trinajstić information content (AvgIpc) is 3.32. The van der Waals surface area contributed by atoms with Crippen molar-refractivity contribution < 1.29 is 0 Å². The van der Waals surface area contributed by atoms with E-state index in [1.54, 1.807) is 0 Å². The molecule has 5 heteroatoms. The Balaban J connectivity index is 0.00000235. The molecule has 0 atom stereocenters. The Morgan fingerprint density at radius 1 is 1.19 bits per heavy atom. The van der Waals surface area contributed by atoms with E-state index in [0.717, 1.165) is 30.8 Å². The first-order chi connectivity index (χ1) is 17.9. The van der Waals surface area contributed by atoms with Gasteiger partial charge in [0.15, 0.2) is 0 Å². The van der Waals surface area contributed by atoms with E-state index in [2.05, 4.69) is 110 Å². The van der Waals surface area contributed by atoms with Gasteiger partial charge in [0.1, 0.15) is 0 Å². The van der Waals surface area contributed by atoms with Crippen LogP contribution in [0, 0.1) is 0 Å². The maximum atomic E-state index is 4.08. The number of benzene rings is 2. The molecular weight excluding hydrogens is 471 g/mol. The minimum absolute atomic E-state index is 0.120. The van der Waals surface area contributed by atoms with Crippen LogP contribution in [0.5, 0.6) is 0 Å². The zero-order valence-corrected chi connectivity index (χ0v) is 24.8. The van der Waals surface area contributed by atoms with Gasteiger partial charge in [-0.2, -0.15) is 0 Å². The third kappa shape index (κ3) is 8.47. The van der Waals surface area contributed by atoms with Gasteiger partial charge in [-0.1, -0.05) is 56.3 Å². The summed E-state index contributed by atoms with van der Waals surface area (Å²) in [7, 11) is 2.08. The smallest absolute Gasteiger partial charge is 0.0490 e. The first-order valence-corrected chi connectivity index (χ1v) is 15.5. The maximum Gasteiger partial charge on any atom is 0.0490 e. The summed E-state index contributed by atoms with van der Waals surface area (Å²) in [4.78, 5) is 6.15. The van der Waals surface area contributed by atoms with Gasteiger partial charge in [0.25, 0.3) is 0 Å². The van der Waals surface area contributed by atoms with Gasteiger partial charge in [-0.05, 0) is 92.6 Å². The Labute approximate surface area is 226 Å². The Bertz CT molecular complexity index is 1160. The van der Waals surface area contributed by atoms with Crippen molar-refractivity contribution in [1.82, 2.24) is 4.90 Å². The number of allylic oxidation sites excluding steroid dienone is 3. The summed E-state index contributed by atoms with van der Waals surface area (Å²) in [6.45, 7) is 22.2. The number of aliphatic imine (C=N–C) groups is 1. The van der Waals surface area contributed by atoms with Gasteiger partial charge in [-0.15, -0.1) is 7.92 Å². The molecule has 0 saturated carbocycles. The molecule has 1 aliphatic rings. The van der Waals surface area contributed by atoms with Crippen molar-refractivity contribution in [2.75, 3.05) is 43.7 Å². The van der Waals surface area contributed by atoms with Crippen molar-refractivity contribution >= 4 is 31.6 Å². The fourth-order valence-corrected chi connectivity index (χ4v) is 5.15. The molecule has 4 nitrogen and oxygen atoms in total. The van der Waals surface area contributed by atoms with Crippen LogP contribution in [-0.2, 0) is 6.54 Å². The van der Waals surface area contributed by atoms with Gasteiger partial charge < -0.3 is 15.5 Å². The lowest BCUT2D eigenvalue weighted by molar-refractivity contribution is 0.498. The summed E-state index contributed by atoms with van der Waals surface area (Å²) in [5.41, 5.74) is 11.0. The van der Waals surface area contributed by atoms with Crippen molar-refractivity contribution in [3.63, 3.8) is 0 Å². The molecule has 1 aliphatic heterocycles. The van der Waals surface area contributed by atoms with Gasteiger partial charge in [-0.25, -0.2) is 0 Å². The predicted octanol–water partition coefficient (Wildman–Crippen LogP) is 8.82. The minimum Gasteiger partial charge on any atom is -0.388 e. The van der Waals surface area contributed by atoms with Gasteiger partial charge in [-0.3, -0.25) is 4.99 Å². The molecule has 0 aromatic heterocycles. The van der Waals surface area contributed by atoms with Crippen LogP contribution >= 0.6 is 7.92 Å². The van der Waals surface area contributed by atoms with Crippen molar-refractivity contribution in [3.05, 3.63) is 89.9 Å². The summed E-state index contributed by atoms with van der Waals surface area (Å²) < 4.78 is 0. The molecule has 0 saturated heterocycles. The largest absolute Gasteiger partial charge is 0.388 e. The molecule has 0 aliphatic carbocycles. The lowest BCUT2D eigenvalue weighted by Crippen LogP contribution is -2.11. The lowest BCUT2D eigenvalue weighted by atomic mass is 9.91. The molecule has 2 N–H and O–H groups in total. The monoisotopic (exact) mass is 516 g/mol. The van der Waals surface area contributed by atoms with Crippen LogP contribution in [0.3, 0.4) is 0 Å². The van der Waals surface area contributed by atoms with E-state index >= 15 is 0 Å². The van der Waals surface area contributed by atoms with Crippen molar-refractivity contribution in [1.29, 1.82) is 0 Å². The Kier molecular flexibility index (Phi) is 12.4. The second-order valence-corrected chi connectivity index (χ2v) is 11.9. The second-order valence-electron chi connectivity index (χ2n) is 9.32. The normalized spacial score (nSPS) is 14.0. The minimum atomic E-state index is 0.120. The summed E-state index contributed by atoms with van der Waals surface area (Å²) in [5, 5.41) is 6.96. The van der Waals surface area contributed by atoms with Crippen LogP contribution in [0.15, 0.2) is 83.8 Å². The quantitative estimate of drug-likeness (QED) is 0.231. The highest BCUT2D eigenvalue weighted by Gasteiger charge is 2.24. The molecule has 2 aromatic carbocycles. The second kappa shape index (κ2) is 15.2. The van der Waals surface area contributed by atoms with Crippen molar-refractivity contribution in [3.8, 4) is 11.1 Å². The number of hydrogen-bond donors (Lipinski definition) is 2. The number of hydrogen-bond acceptors (Lipinski definition) is 4.